The average Bonchev–Trinajstić information content (AvgIpc) is 1.55. The lowest BCUT2D eigenvalue weighted by Crippen LogP contribution is -2.02. The van der Waals surface area contributed by atoms with Gasteiger partial charge in [-0.05, 0) is 143 Å². The topological polar surface area (TPSA) is 164 Å². The summed E-state index contributed by atoms with van der Waals surface area (Å²) in [6.07, 6.45) is 0. The molecule has 11 nitrogen and oxygen atoms in total. The van der Waals surface area contributed by atoms with Crippen molar-refractivity contribution >= 4 is 87.2 Å². The standard InChI is InChI=1S/C56H32N6.C55H33N5/c57-33-40-29-39(56-49(35-59)54(36-15-5-1-6-16-36)48(34-58)55(60-56)37-17-7-2-8-18-37)26-27-43(40)38-25-28-45-47-32-52-46(31-53(47)62(51(45)30-38)42-21-11-4-12-22-42)44-23-13-14-24-50(44)61(52)41-19-9-3-10-20-41;56-34-47-53(37-15-5-1-6-16-37)48(35-57)55(58-54(47)38-17-7-2-8-18-38)39-27-25-36(26-28-39)40-29-30-50-44(31-40)46-33-51-45(32-52(46)60(50)42-21-11-4-12-22-42)43-23-13-14-24-49(43)59(51)41-19-9-3-10-20-41/h1-32H;1-33H. The molecule has 0 aliphatic rings. The Morgan fingerprint density at radius 2 is 0.459 bits per heavy atom. The van der Waals surface area contributed by atoms with E-state index in [1.165, 1.54) is 32.4 Å². The van der Waals surface area contributed by atoms with Crippen LogP contribution in [0.15, 0.2) is 394 Å². The summed E-state index contributed by atoms with van der Waals surface area (Å²) in [6.45, 7) is 0. The molecule has 0 aliphatic carbocycles. The van der Waals surface area contributed by atoms with E-state index in [1.54, 1.807) is 0 Å². The molecule has 0 N–H and O–H groups in total. The van der Waals surface area contributed by atoms with Crippen LogP contribution in [-0.4, -0.2) is 28.2 Å². The lowest BCUT2D eigenvalue weighted by molar-refractivity contribution is 1.17. The fraction of sp³-hybridized carbons (Fsp3) is 0. The molecule has 16 aromatic carbocycles. The molecule has 122 heavy (non-hydrogen) atoms. The molecule has 0 bridgehead atoms. The number of hydrogen-bond donors (Lipinski definition) is 0. The highest BCUT2D eigenvalue weighted by Gasteiger charge is 2.28. The molecule has 22 rings (SSSR count). The van der Waals surface area contributed by atoms with Gasteiger partial charge in [0, 0.05) is 99.2 Å². The Kier molecular flexibility index (Phi) is 17.9. The summed E-state index contributed by atoms with van der Waals surface area (Å²) >= 11 is 0. The first-order chi connectivity index (χ1) is 60.3. The van der Waals surface area contributed by atoms with Crippen molar-refractivity contribution in [1.29, 1.82) is 26.3 Å². The van der Waals surface area contributed by atoms with Gasteiger partial charge in [-0.3, -0.25) is 0 Å². The average molecular weight is 1550 g/mol. The van der Waals surface area contributed by atoms with E-state index >= 15 is 0 Å². The van der Waals surface area contributed by atoms with E-state index in [1.807, 2.05) is 164 Å². The van der Waals surface area contributed by atoms with E-state index in [-0.39, 0.29) is 5.56 Å². The Hall–Kier alpha value is -17.5. The van der Waals surface area contributed by atoms with Crippen LogP contribution in [0, 0.1) is 56.7 Å². The minimum Gasteiger partial charge on any atom is -0.309 e. The van der Waals surface area contributed by atoms with E-state index < -0.39 is 0 Å². The molecule has 0 fully saturated rings. The smallest absolute Gasteiger partial charge is 0.102 e. The van der Waals surface area contributed by atoms with Crippen molar-refractivity contribution in [3.05, 3.63) is 422 Å². The van der Waals surface area contributed by atoms with Gasteiger partial charge in [-0.1, -0.05) is 285 Å². The molecule has 11 heteroatoms. The molecule has 6 heterocycles. The molecule has 0 radical (unpaired) electrons. The fourth-order valence-corrected chi connectivity index (χ4v) is 18.0. The van der Waals surface area contributed by atoms with Gasteiger partial charge in [0.05, 0.1) is 101 Å². The third kappa shape index (κ3) is 12.1. The number of hydrogen-bond acceptors (Lipinski definition) is 7. The Morgan fingerprint density at radius 1 is 0.180 bits per heavy atom. The summed E-state index contributed by atoms with van der Waals surface area (Å²) in [5.74, 6) is 0. The monoisotopic (exact) mass is 1550 g/mol. The number of nitriles is 5. The zero-order valence-electron chi connectivity index (χ0n) is 65.4. The quantitative estimate of drug-likeness (QED) is 0.117. The van der Waals surface area contributed by atoms with Crippen molar-refractivity contribution in [2.24, 2.45) is 0 Å². The number of pyridine rings is 2. The van der Waals surface area contributed by atoms with Crippen molar-refractivity contribution in [1.82, 2.24) is 28.2 Å². The van der Waals surface area contributed by atoms with Crippen LogP contribution in [0.4, 0.5) is 0 Å². The molecule has 0 atom stereocenters. The molecule has 564 valence electrons. The van der Waals surface area contributed by atoms with E-state index in [0.717, 1.165) is 128 Å². The highest BCUT2D eigenvalue weighted by Crippen LogP contribution is 2.47. The van der Waals surface area contributed by atoms with Crippen LogP contribution in [0.25, 0.3) is 200 Å². The Labute approximate surface area is 702 Å². The molecular weight excluding hydrogens is 1490 g/mol. The Balaban J connectivity index is 0.000000150. The van der Waals surface area contributed by atoms with Crippen LogP contribution in [0.2, 0.25) is 0 Å². The molecule has 0 saturated heterocycles. The third-order valence-corrected chi connectivity index (χ3v) is 23.5. The van der Waals surface area contributed by atoms with Gasteiger partial charge in [-0.15, -0.1) is 0 Å². The molecule has 22 aromatic rings. The molecule has 0 aliphatic heterocycles. The zero-order chi connectivity index (χ0) is 81.9. The molecular formula is C111H65N11. The zero-order valence-corrected chi connectivity index (χ0v) is 65.4. The second kappa shape index (κ2) is 30.3. The predicted molar refractivity (Wildman–Crippen MR) is 493 cm³/mol. The summed E-state index contributed by atoms with van der Waals surface area (Å²) in [6, 6.07) is 146. The summed E-state index contributed by atoms with van der Waals surface area (Å²) in [4.78, 5) is 10.1. The summed E-state index contributed by atoms with van der Waals surface area (Å²) < 4.78 is 9.41. The van der Waals surface area contributed by atoms with Crippen LogP contribution < -0.4 is 0 Å². The van der Waals surface area contributed by atoms with Crippen LogP contribution in [0.1, 0.15) is 27.8 Å². The van der Waals surface area contributed by atoms with Gasteiger partial charge in [0.15, 0.2) is 0 Å². The van der Waals surface area contributed by atoms with Crippen molar-refractivity contribution in [3.8, 4) is 143 Å². The normalized spacial score (nSPS) is 11.2. The molecule has 0 unspecified atom stereocenters. The van der Waals surface area contributed by atoms with Crippen LogP contribution in [-0.2, 0) is 0 Å². The van der Waals surface area contributed by atoms with Gasteiger partial charge < -0.3 is 18.3 Å². The van der Waals surface area contributed by atoms with Crippen LogP contribution in [0.3, 0.4) is 0 Å². The van der Waals surface area contributed by atoms with Gasteiger partial charge in [0.1, 0.15) is 24.3 Å². The van der Waals surface area contributed by atoms with Gasteiger partial charge >= 0.3 is 0 Å². The summed E-state index contributed by atoms with van der Waals surface area (Å²) in [5, 5.41) is 62.6. The second-order valence-electron chi connectivity index (χ2n) is 30.2. The van der Waals surface area contributed by atoms with Crippen LogP contribution in [0.5, 0.6) is 0 Å². The first kappa shape index (κ1) is 72.2. The first-order valence-corrected chi connectivity index (χ1v) is 40.2. The number of aromatic nitrogens is 6. The van der Waals surface area contributed by atoms with Crippen molar-refractivity contribution in [2.45, 2.75) is 0 Å². The number of nitrogens with zero attached hydrogens (tertiary/aromatic N) is 11. The number of rotatable bonds is 12. The van der Waals surface area contributed by atoms with E-state index in [9.17, 15) is 26.3 Å². The maximum atomic E-state index is 10.8. The highest BCUT2D eigenvalue weighted by molar-refractivity contribution is 6.21. The van der Waals surface area contributed by atoms with Gasteiger partial charge in [-0.2, -0.15) is 26.3 Å². The predicted octanol–water partition coefficient (Wildman–Crippen LogP) is 27.2. The van der Waals surface area contributed by atoms with Gasteiger partial charge in [-0.25, -0.2) is 9.97 Å². The Bertz CT molecular complexity index is 8180. The molecule has 0 saturated carbocycles. The minimum absolute atomic E-state index is 0.276. The van der Waals surface area contributed by atoms with Crippen molar-refractivity contribution in [3.63, 3.8) is 0 Å². The maximum Gasteiger partial charge on any atom is 0.102 e. The summed E-state index contributed by atoms with van der Waals surface area (Å²) in [5.41, 5.74) is 26.5. The molecule has 0 spiro atoms. The first-order valence-electron chi connectivity index (χ1n) is 40.2. The maximum absolute atomic E-state index is 10.8. The number of para-hydroxylation sites is 6. The van der Waals surface area contributed by atoms with Gasteiger partial charge in [0.2, 0.25) is 0 Å². The summed E-state index contributed by atoms with van der Waals surface area (Å²) in [7, 11) is 0. The van der Waals surface area contributed by atoms with Crippen LogP contribution >= 0.6 is 0 Å². The molecule has 0 amide bonds. The number of benzene rings is 16. The van der Waals surface area contributed by atoms with Gasteiger partial charge in [0.25, 0.3) is 0 Å². The van der Waals surface area contributed by atoms with Crippen molar-refractivity contribution < 1.29 is 0 Å². The van der Waals surface area contributed by atoms with E-state index in [4.69, 9.17) is 9.97 Å². The lowest BCUT2D eigenvalue weighted by atomic mass is 9.88. The third-order valence-electron chi connectivity index (χ3n) is 23.5. The highest BCUT2D eigenvalue weighted by atomic mass is 15.0. The minimum atomic E-state index is 0.276. The largest absolute Gasteiger partial charge is 0.309 e. The lowest BCUT2D eigenvalue weighted by Gasteiger charge is -2.16. The SMILES string of the molecule is N#Cc1c(-c2ccccc2)nc(-c2ccc(-c3ccc4c(c3)c3cc5c(cc3n4-c3ccccc3)c3ccccc3n5-c3ccccc3)cc2)c(C#N)c1-c1ccccc1.N#Cc1cc(-c2nc(-c3ccccc3)c(C#N)c(-c3ccccc3)c2C#N)ccc1-c1ccc2c3cc4c(cc3n(-c3ccccc3)c2c1)c1ccccc1n4-c1ccccc1. The van der Waals surface area contributed by atoms with E-state index in [2.05, 4.69) is 279 Å². The van der Waals surface area contributed by atoms with E-state index in [0.29, 0.717) is 61.7 Å². The molecule has 6 aromatic heterocycles. The second-order valence-corrected chi connectivity index (χ2v) is 30.2. The number of fused-ring (bicyclic) bond motifs is 12. The fourth-order valence-electron chi connectivity index (χ4n) is 18.0. The van der Waals surface area contributed by atoms with Crippen molar-refractivity contribution in [2.75, 3.05) is 0 Å². The Morgan fingerprint density at radius 3 is 0.852 bits per heavy atom.